The molecule has 0 unspecified atom stereocenters. The third-order valence-electron chi connectivity index (χ3n) is 5.27. The molecule has 146 valence electrons. The summed E-state index contributed by atoms with van der Waals surface area (Å²) in [6, 6.07) is 12.4. The molecule has 3 rings (SSSR count). The second kappa shape index (κ2) is 7.47. The van der Waals surface area contributed by atoms with Gasteiger partial charge in [-0.05, 0) is 103 Å². The van der Waals surface area contributed by atoms with Gasteiger partial charge in [0.1, 0.15) is 11.5 Å². The molecule has 0 heterocycles. The molecule has 0 bridgehead atoms. The first-order valence-electron chi connectivity index (χ1n) is 9.20. The molecule has 0 atom stereocenters. The van der Waals surface area contributed by atoms with Crippen LogP contribution in [0.3, 0.4) is 0 Å². The second-order valence-electron chi connectivity index (χ2n) is 7.35. The Morgan fingerprint density at radius 3 is 1.50 bits per heavy atom. The van der Waals surface area contributed by atoms with Crippen LogP contribution in [0.2, 0.25) is 0 Å². The summed E-state index contributed by atoms with van der Waals surface area (Å²) in [4.78, 5) is 0. The van der Waals surface area contributed by atoms with Gasteiger partial charge < -0.3 is 20.1 Å². The van der Waals surface area contributed by atoms with E-state index in [1.165, 1.54) is 7.11 Å². The van der Waals surface area contributed by atoms with Crippen molar-refractivity contribution in [1.29, 1.82) is 0 Å². The quantitative estimate of drug-likeness (QED) is 0.544. The van der Waals surface area contributed by atoms with E-state index in [9.17, 15) is 15.3 Å². The fraction of sp³-hybridized carbons (Fsp3) is 0.250. The lowest BCUT2D eigenvalue weighted by atomic mass is 9.77. The topological polar surface area (TPSA) is 69.9 Å². The number of aromatic hydroxyl groups is 3. The Balaban J connectivity index is 2.37. The number of phenols is 3. The van der Waals surface area contributed by atoms with Gasteiger partial charge in [-0.2, -0.15) is 0 Å². The van der Waals surface area contributed by atoms with Crippen molar-refractivity contribution in [2.24, 2.45) is 0 Å². The lowest BCUT2D eigenvalue weighted by molar-refractivity contribution is 0.373. The summed E-state index contributed by atoms with van der Waals surface area (Å²) >= 11 is 0. The summed E-state index contributed by atoms with van der Waals surface area (Å²) in [5, 5.41) is 30.1. The molecule has 3 N–H and O–H groups in total. The summed E-state index contributed by atoms with van der Waals surface area (Å²) in [5.41, 5.74) is 7.03. The maximum atomic E-state index is 10.1. The summed E-state index contributed by atoms with van der Waals surface area (Å²) in [6.45, 7) is 7.94. The highest BCUT2D eigenvalue weighted by Gasteiger charge is 2.25. The lowest BCUT2D eigenvalue weighted by Crippen LogP contribution is -2.11. The van der Waals surface area contributed by atoms with Crippen LogP contribution in [-0.4, -0.2) is 22.4 Å². The highest BCUT2D eigenvalue weighted by Crippen LogP contribution is 2.43. The molecule has 0 aliphatic rings. The molecule has 4 nitrogen and oxygen atoms in total. The Morgan fingerprint density at radius 2 is 1.11 bits per heavy atom. The molecule has 4 heteroatoms. The van der Waals surface area contributed by atoms with E-state index in [-0.39, 0.29) is 23.2 Å². The van der Waals surface area contributed by atoms with Gasteiger partial charge in [-0.15, -0.1) is 0 Å². The number of hydrogen-bond donors (Lipinski definition) is 3. The van der Waals surface area contributed by atoms with Gasteiger partial charge in [0.25, 0.3) is 0 Å². The van der Waals surface area contributed by atoms with Gasteiger partial charge in [-0.3, -0.25) is 0 Å². The molecular weight excluding hydrogens is 352 g/mol. The van der Waals surface area contributed by atoms with E-state index in [0.717, 1.165) is 38.9 Å². The van der Waals surface area contributed by atoms with Crippen LogP contribution in [0.25, 0.3) is 0 Å². The SMILES string of the molecule is COc1cc(C(c2c(C)cc(O)cc2C)c2c(C)cc(O)cc2C)ccc1O. The largest absolute Gasteiger partial charge is 0.508 e. The van der Waals surface area contributed by atoms with E-state index in [2.05, 4.69) is 0 Å². The first-order valence-corrected chi connectivity index (χ1v) is 9.20. The van der Waals surface area contributed by atoms with Crippen molar-refractivity contribution in [1.82, 2.24) is 0 Å². The normalized spacial score (nSPS) is 11.1. The molecule has 0 saturated carbocycles. The van der Waals surface area contributed by atoms with Crippen molar-refractivity contribution in [2.45, 2.75) is 33.6 Å². The van der Waals surface area contributed by atoms with Crippen LogP contribution in [0.1, 0.15) is 44.9 Å². The predicted octanol–water partition coefficient (Wildman–Crippen LogP) is 5.23. The van der Waals surface area contributed by atoms with Gasteiger partial charge in [0.2, 0.25) is 0 Å². The Labute approximate surface area is 165 Å². The molecule has 3 aromatic carbocycles. The molecule has 0 radical (unpaired) electrons. The van der Waals surface area contributed by atoms with E-state index in [1.54, 1.807) is 30.3 Å². The Bertz CT molecular complexity index is 933. The third kappa shape index (κ3) is 3.50. The first-order chi connectivity index (χ1) is 13.2. The number of rotatable bonds is 4. The van der Waals surface area contributed by atoms with E-state index in [0.29, 0.717) is 5.75 Å². The Kier molecular flexibility index (Phi) is 5.23. The number of methoxy groups -OCH3 is 1. The van der Waals surface area contributed by atoms with Crippen molar-refractivity contribution in [3.8, 4) is 23.0 Å². The summed E-state index contributed by atoms with van der Waals surface area (Å²) in [5.74, 6) is 0.824. The summed E-state index contributed by atoms with van der Waals surface area (Å²) in [7, 11) is 1.53. The minimum atomic E-state index is -0.143. The van der Waals surface area contributed by atoms with Crippen LogP contribution in [0.15, 0.2) is 42.5 Å². The van der Waals surface area contributed by atoms with Gasteiger partial charge in [0.15, 0.2) is 11.5 Å². The number of hydrogen-bond acceptors (Lipinski definition) is 4. The molecule has 0 aliphatic heterocycles. The van der Waals surface area contributed by atoms with Crippen LogP contribution in [0.4, 0.5) is 0 Å². The molecule has 0 fully saturated rings. The van der Waals surface area contributed by atoms with E-state index in [1.807, 2.05) is 39.8 Å². The van der Waals surface area contributed by atoms with Crippen molar-refractivity contribution < 1.29 is 20.1 Å². The molecule has 0 amide bonds. The highest BCUT2D eigenvalue weighted by atomic mass is 16.5. The number of aryl methyl sites for hydroxylation is 4. The van der Waals surface area contributed by atoms with Crippen LogP contribution < -0.4 is 4.74 Å². The standard InChI is InChI=1S/C24H26O4/c1-13-8-18(25)9-14(2)22(13)24(17-6-7-20(27)21(12-17)28-5)23-15(3)10-19(26)11-16(23)4/h6-12,24-27H,1-5H3. The summed E-state index contributed by atoms with van der Waals surface area (Å²) < 4.78 is 5.34. The van der Waals surface area contributed by atoms with Crippen molar-refractivity contribution >= 4 is 0 Å². The van der Waals surface area contributed by atoms with E-state index < -0.39 is 0 Å². The Morgan fingerprint density at radius 1 is 0.679 bits per heavy atom. The lowest BCUT2D eigenvalue weighted by Gasteiger charge is -2.27. The highest BCUT2D eigenvalue weighted by molar-refractivity contribution is 5.58. The molecular formula is C24H26O4. The fourth-order valence-corrected chi connectivity index (χ4v) is 4.17. The Hall–Kier alpha value is -3.14. The minimum absolute atomic E-state index is 0.0864. The molecule has 0 spiro atoms. The van der Waals surface area contributed by atoms with Gasteiger partial charge >= 0.3 is 0 Å². The van der Waals surface area contributed by atoms with E-state index >= 15 is 0 Å². The third-order valence-corrected chi connectivity index (χ3v) is 5.27. The zero-order valence-corrected chi connectivity index (χ0v) is 16.9. The van der Waals surface area contributed by atoms with Crippen LogP contribution in [0.5, 0.6) is 23.0 Å². The molecule has 28 heavy (non-hydrogen) atoms. The monoisotopic (exact) mass is 378 g/mol. The van der Waals surface area contributed by atoms with Crippen LogP contribution in [0, 0.1) is 27.7 Å². The molecule has 0 aromatic heterocycles. The van der Waals surface area contributed by atoms with Crippen molar-refractivity contribution in [3.63, 3.8) is 0 Å². The number of benzene rings is 3. The molecule has 0 saturated heterocycles. The predicted molar refractivity (Wildman–Crippen MR) is 111 cm³/mol. The van der Waals surface area contributed by atoms with E-state index in [4.69, 9.17) is 4.74 Å². The number of ether oxygens (including phenoxy) is 1. The van der Waals surface area contributed by atoms with Gasteiger partial charge in [0, 0.05) is 5.92 Å². The van der Waals surface area contributed by atoms with Crippen LogP contribution in [-0.2, 0) is 0 Å². The second-order valence-corrected chi connectivity index (χ2v) is 7.35. The first kappa shape index (κ1) is 19.6. The van der Waals surface area contributed by atoms with Gasteiger partial charge in [0.05, 0.1) is 7.11 Å². The fourth-order valence-electron chi connectivity index (χ4n) is 4.17. The van der Waals surface area contributed by atoms with Gasteiger partial charge in [-0.1, -0.05) is 6.07 Å². The van der Waals surface area contributed by atoms with Crippen molar-refractivity contribution in [2.75, 3.05) is 7.11 Å². The maximum Gasteiger partial charge on any atom is 0.160 e. The number of phenolic OH excluding ortho intramolecular Hbond substituents is 3. The maximum absolute atomic E-state index is 10.1. The average molecular weight is 378 g/mol. The average Bonchev–Trinajstić information content (AvgIpc) is 2.59. The van der Waals surface area contributed by atoms with Crippen LogP contribution >= 0.6 is 0 Å². The smallest absolute Gasteiger partial charge is 0.160 e. The van der Waals surface area contributed by atoms with Crippen molar-refractivity contribution in [3.05, 3.63) is 81.4 Å². The zero-order chi connectivity index (χ0) is 20.6. The molecule has 3 aromatic rings. The zero-order valence-electron chi connectivity index (χ0n) is 16.9. The minimum Gasteiger partial charge on any atom is -0.508 e. The summed E-state index contributed by atoms with van der Waals surface area (Å²) in [6.07, 6.45) is 0. The molecule has 0 aliphatic carbocycles. The van der Waals surface area contributed by atoms with Gasteiger partial charge in [-0.25, -0.2) is 0 Å².